The standard InChI is InChI=1S/C15H18Cl2N2O2/c1-3-15(2)14(21)19(7-6-13(20)18-15)9-10-4-5-11(16)8-12(10)17/h4-5,8H,3,6-7,9H2,1-2H3,(H,18,20). The van der Waals surface area contributed by atoms with Crippen molar-refractivity contribution in [2.24, 2.45) is 0 Å². The maximum absolute atomic E-state index is 12.7. The Bertz CT molecular complexity index is 577. The van der Waals surface area contributed by atoms with Gasteiger partial charge in [-0.25, -0.2) is 0 Å². The molecule has 1 N–H and O–H groups in total. The molecule has 0 aromatic heterocycles. The van der Waals surface area contributed by atoms with Crippen molar-refractivity contribution in [3.05, 3.63) is 33.8 Å². The van der Waals surface area contributed by atoms with Crippen molar-refractivity contribution < 1.29 is 9.59 Å². The van der Waals surface area contributed by atoms with Gasteiger partial charge in [-0.3, -0.25) is 9.59 Å². The number of halogens is 2. The lowest BCUT2D eigenvalue weighted by Crippen LogP contribution is -2.54. The van der Waals surface area contributed by atoms with Crippen LogP contribution in [0.2, 0.25) is 10.0 Å². The van der Waals surface area contributed by atoms with Crippen LogP contribution in [0.5, 0.6) is 0 Å². The fourth-order valence-corrected chi connectivity index (χ4v) is 2.82. The first-order chi connectivity index (χ1) is 9.85. The largest absolute Gasteiger partial charge is 0.342 e. The summed E-state index contributed by atoms with van der Waals surface area (Å²) in [5.74, 6) is -0.181. The van der Waals surface area contributed by atoms with Gasteiger partial charge in [0.05, 0.1) is 0 Å². The highest BCUT2D eigenvalue weighted by atomic mass is 35.5. The molecule has 6 heteroatoms. The highest BCUT2D eigenvalue weighted by Gasteiger charge is 2.39. The van der Waals surface area contributed by atoms with Gasteiger partial charge in [0.25, 0.3) is 0 Å². The van der Waals surface area contributed by atoms with Crippen LogP contribution in [0.4, 0.5) is 0 Å². The molecule has 0 aliphatic carbocycles. The number of hydrogen-bond donors (Lipinski definition) is 1. The van der Waals surface area contributed by atoms with Crippen LogP contribution in [0, 0.1) is 0 Å². The van der Waals surface area contributed by atoms with Gasteiger partial charge < -0.3 is 10.2 Å². The zero-order valence-corrected chi connectivity index (χ0v) is 13.6. The van der Waals surface area contributed by atoms with Gasteiger partial charge in [0, 0.05) is 29.6 Å². The van der Waals surface area contributed by atoms with Crippen molar-refractivity contribution in [2.45, 2.75) is 38.8 Å². The molecule has 0 spiro atoms. The molecule has 1 aromatic carbocycles. The van der Waals surface area contributed by atoms with Crippen LogP contribution < -0.4 is 5.32 Å². The molecule has 1 aromatic rings. The van der Waals surface area contributed by atoms with Gasteiger partial charge in [-0.15, -0.1) is 0 Å². The van der Waals surface area contributed by atoms with Gasteiger partial charge in [0.15, 0.2) is 0 Å². The van der Waals surface area contributed by atoms with E-state index in [9.17, 15) is 9.59 Å². The summed E-state index contributed by atoms with van der Waals surface area (Å²) in [4.78, 5) is 26.1. The Morgan fingerprint density at radius 3 is 2.67 bits per heavy atom. The third-order valence-corrected chi connectivity index (χ3v) is 4.45. The van der Waals surface area contributed by atoms with Crippen LogP contribution in [0.15, 0.2) is 18.2 Å². The van der Waals surface area contributed by atoms with Gasteiger partial charge in [-0.1, -0.05) is 36.2 Å². The van der Waals surface area contributed by atoms with Crippen LogP contribution >= 0.6 is 23.2 Å². The van der Waals surface area contributed by atoms with Crippen molar-refractivity contribution in [1.29, 1.82) is 0 Å². The van der Waals surface area contributed by atoms with Crippen LogP contribution in [-0.2, 0) is 16.1 Å². The van der Waals surface area contributed by atoms with Crippen molar-refractivity contribution in [3.8, 4) is 0 Å². The number of nitrogens with one attached hydrogen (secondary N) is 1. The quantitative estimate of drug-likeness (QED) is 0.927. The maximum atomic E-state index is 12.7. The molecule has 4 nitrogen and oxygen atoms in total. The number of rotatable bonds is 3. The highest BCUT2D eigenvalue weighted by molar-refractivity contribution is 6.35. The van der Waals surface area contributed by atoms with Crippen molar-refractivity contribution in [1.82, 2.24) is 10.2 Å². The lowest BCUT2D eigenvalue weighted by molar-refractivity contribution is -0.138. The lowest BCUT2D eigenvalue weighted by atomic mass is 9.97. The fraction of sp³-hybridized carbons (Fsp3) is 0.467. The summed E-state index contributed by atoms with van der Waals surface area (Å²) < 4.78 is 0. The van der Waals surface area contributed by atoms with Gasteiger partial charge in [-0.2, -0.15) is 0 Å². The van der Waals surface area contributed by atoms with Crippen LogP contribution in [0.3, 0.4) is 0 Å². The van der Waals surface area contributed by atoms with Crippen LogP contribution in [-0.4, -0.2) is 28.8 Å². The van der Waals surface area contributed by atoms with Gasteiger partial charge in [-0.05, 0) is 31.0 Å². The summed E-state index contributed by atoms with van der Waals surface area (Å²) in [6, 6.07) is 5.21. The first-order valence-corrected chi connectivity index (χ1v) is 7.65. The molecule has 1 heterocycles. The number of benzene rings is 1. The Kier molecular flexibility index (Phi) is 4.79. The van der Waals surface area contributed by atoms with E-state index in [4.69, 9.17) is 23.2 Å². The molecule has 1 saturated heterocycles. The first kappa shape index (κ1) is 16.1. The smallest absolute Gasteiger partial charge is 0.248 e. The minimum atomic E-state index is -0.855. The predicted molar refractivity (Wildman–Crippen MR) is 83.3 cm³/mol. The second-order valence-electron chi connectivity index (χ2n) is 5.45. The average molecular weight is 329 g/mol. The maximum Gasteiger partial charge on any atom is 0.248 e. The molecule has 0 saturated carbocycles. The minimum Gasteiger partial charge on any atom is -0.342 e. The first-order valence-electron chi connectivity index (χ1n) is 6.90. The zero-order chi connectivity index (χ0) is 15.6. The fourth-order valence-electron chi connectivity index (χ4n) is 2.36. The Labute approximate surface area is 134 Å². The number of carbonyl (C=O) groups is 2. The highest BCUT2D eigenvalue weighted by Crippen LogP contribution is 2.25. The number of amides is 2. The third kappa shape index (κ3) is 3.50. The Morgan fingerprint density at radius 1 is 1.33 bits per heavy atom. The predicted octanol–water partition coefficient (Wildman–Crippen LogP) is 3.01. The van der Waals surface area contributed by atoms with Crippen molar-refractivity contribution >= 4 is 35.0 Å². The van der Waals surface area contributed by atoms with Crippen LogP contribution in [0.1, 0.15) is 32.3 Å². The second-order valence-corrected chi connectivity index (χ2v) is 6.29. The number of carbonyl (C=O) groups excluding carboxylic acids is 2. The summed E-state index contributed by atoms with van der Waals surface area (Å²) in [6.07, 6.45) is 0.842. The summed E-state index contributed by atoms with van der Waals surface area (Å²) in [6.45, 7) is 4.41. The molecule has 1 fully saturated rings. The number of hydrogen-bond acceptors (Lipinski definition) is 2. The molecule has 1 aliphatic heterocycles. The Morgan fingerprint density at radius 2 is 2.05 bits per heavy atom. The minimum absolute atomic E-state index is 0.0816. The van der Waals surface area contributed by atoms with Crippen molar-refractivity contribution in [3.63, 3.8) is 0 Å². The van der Waals surface area contributed by atoms with Gasteiger partial charge in [0.2, 0.25) is 11.8 Å². The van der Waals surface area contributed by atoms with Crippen LogP contribution in [0.25, 0.3) is 0 Å². The molecule has 0 bridgehead atoms. The van der Waals surface area contributed by atoms with E-state index >= 15 is 0 Å². The van der Waals surface area contributed by atoms with E-state index in [1.165, 1.54) is 0 Å². The Balaban J connectivity index is 2.25. The molecule has 114 valence electrons. The van der Waals surface area contributed by atoms with E-state index < -0.39 is 5.54 Å². The third-order valence-electron chi connectivity index (χ3n) is 3.87. The molecule has 1 unspecified atom stereocenters. The topological polar surface area (TPSA) is 49.4 Å². The second kappa shape index (κ2) is 6.24. The SMILES string of the molecule is CCC1(C)NC(=O)CCN(Cc2ccc(Cl)cc2Cl)C1=O. The molecule has 2 amide bonds. The Hall–Kier alpha value is -1.26. The molecular formula is C15H18Cl2N2O2. The lowest BCUT2D eigenvalue weighted by Gasteiger charge is -2.31. The van der Waals surface area contributed by atoms with Gasteiger partial charge >= 0.3 is 0 Å². The number of nitrogens with zero attached hydrogens (tertiary/aromatic N) is 1. The molecular weight excluding hydrogens is 311 g/mol. The van der Waals surface area contributed by atoms with E-state index in [1.807, 2.05) is 6.92 Å². The summed E-state index contributed by atoms with van der Waals surface area (Å²) >= 11 is 12.0. The molecule has 21 heavy (non-hydrogen) atoms. The molecule has 1 atom stereocenters. The van der Waals surface area contributed by atoms with Crippen molar-refractivity contribution in [2.75, 3.05) is 6.54 Å². The summed E-state index contributed by atoms with van der Waals surface area (Å²) in [5.41, 5.74) is -0.0332. The van der Waals surface area contributed by atoms with E-state index in [0.717, 1.165) is 5.56 Å². The molecule has 2 rings (SSSR count). The monoisotopic (exact) mass is 328 g/mol. The van der Waals surface area contributed by atoms with E-state index in [-0.39, 0.29) is 11.8 Å². The average Bonchev–Trinajstić information content (AvgIpc) is 2.53. The van der Waals surface area contributed by atoms with E-state index in [2.05, 4.69) is 5.32 Å². The zero-order valence-electron chi connectivity index (χ0n) is 12.1. The molecule has 1 aliphatic rings. The molecule has 0 radical (unpaired) electrons. The normalized spacial score (nSPS) is 23.0. The summed E-state index contributed by atoms with van der Waals surface area (Å²) in [7, 11) is 0. The van der Waals surface area contributed by atoms with Gasteiger partial charge in [0.1, 0.15) is 5.54 Å². The van der Waals surface area contributed by atoms with E-state index in [0.29, 0.717) is 36.0 Å². The summed E-state index contributed by atoms with van der Waals surface area (Å²) in [5, 5.41) is 3.89. The van der Waals surface area contributed by atoms with E-state index in [1.54, 1.807) is 30.0 Å².